The first-order valence-electron chi connectivity index (χ1n) is 8.57. The summed E-state index contributed by atoms with van der Waals surface area (Å²) < 4.78 is 13.1. The second-order valence-corrected chi connectivity index (χ2v) is 7.67. The molecule has 1 aliphatic rings. The number of rotatable bonds is 4. The zero-order chi connectivity index (χ0) is 17.0. The molecule has 0 spiro atoms. The fourth-order valence-electron chi connectivity index (χ4n) is 3.27. The molecule has 128 valence electrons. The van der Waals surface area contributed by atoms with E-state index in [1.807, 2.05) is 11.8 Å². The molecule has 1 fully saturated rings. The standard InChI is InChI=1S/C19H29FN2O/c1-5-17(15-6-8-16(20)9-7-15)18(23)22-12-10-21(11-13-22)14-19(2,3)4/h6-9,17H,5,10-14H2,1-4H3. The van der Waals surface area contributed by atoms with Crippen molar-refractivity contribution >= 4 is 5.91 Å². The van der Waals surface area contributed by atoms with Gasteiger partial charge in [-0.25, -0.2) is 4.39 Å². The SMILES string of the molecule is CCC(C(=O)N1CCN(CC(C)(C)C)CC1)c1ccc(F)cc1. The minimum atomic E-state index is -0.258. The first kappa shape index (κ1) is 17.9. The van der Waals surface area contributed by atoms with Gasteiger partial charge in [0.05, 0.1) is 5.92 Å². The van der Waals surface area contributed by atoms with E-state index in [9.17, 15) is 9.18 Å². The van der Waals surface area contributed by atoms with Gasteiger partial charge < -0.3 is 4.90 Å². The van der Waals surface area contributed by atoms with Gasteiger partial charge in [-0.1, -0.05) is 39.8 Å². The van der Waals surface area contributed by atoms with Crippen molar-refractivity contribution in [2.24, 2.45) is 5.41 Å². The van der Waals surface area contributed by atoms with E-state index in [4.69, 9.17) is 0 Å². The van der Waals surface area contributed by atoms with Gasteiger partial charge in [-0.2, -0.15) is 0 Å². The Bertz CT molecular complexity index is 513. The van der Waals surface area contributed by atoms with E-state index < -0.39 is 0 Å². The monoisotopic (exact) mass is 320 g/mol. The van der Waals surface area contributed by atoms with Gasteiger partial charge in [0.15, 0.2) is 0 Å². The van der Waals surface area contributed by atoms with Crippen LogP contribution < -0.4 is 0 Å². The largest absolute Gasteiger partial charge is 0.340 e. The molecule has 1 aromatic rings. The summed E-state index contributed by atoms with van der Waals surface area (Å²) in [5.74, 6) is -0.244. The molecule has 2 rings (SSSR count). The Hall–Kier alpha value is -1.42. The van der Waals surface area contributed by atoms with Gasteiger partial charge in [0, 0.05) is 32.7 Å². The summed E-state index contributed by atoms with van der Waals surface area (Å²) in [5.41, 5.74) is 1.20. The topological polar surface area (TPSA) is 23.6 Å². The summed E-state index contributed by atoms with van der Waals surface area (Å²) in [5, 5.41) is 0. The quantitative estimate of drug-likeness (QED) is 0.847. The van der Waals surface area contributed by atoms with Crippen LogP contribution in [0.3, 0.4) is 0 Å². The van der Waals surface area contributed by atoms with Crippen molar-refractivity contribution in [3.05, 3.63) is 35.6 Å². The number of hydrogen-bond acceptors (Lipinski definition) is 2. The van der Waals surface area contributed by atoms with Crippen molar-refractivity contribution in [3.8, 4) is 0 Å². The maximum Gasteiger partial charge on any atom is 0.230 e. The summed E-state index contributed by atoms with van der Waals surface area (Å²) in [6, 6.07) is 6.34. The Kier molecular flexibility index (Phi) is 5.79. The van der Waals surface area contributed by atoms with Gasteiger partial charge in [0.1, 0.15) is 5.82 Å². The van der Waals surface area contributed by atoms with Gasteiger partial charge in [0.25, 0.3) is 0 Å². The number of benzene rings is 1. The predicted molar refractivity (Wildman–Crippen MR) is 91.9 cm³/mol. The van der Waals surface area contributed by atoms with Crippen LogP contribution in [0.25, 0.3) is 0 Å². The molecular formula is C19H29FN2O. The lowest BCUT2D eigenvalue weighted by Gasteiger charge is -2.39. The van der Waals surface area contributed by atoms with Crippen molar-refractivity contribution < 1.29 is 9.18 Å². The minimum absolute atomic E-state index is 0.162. The highest BCUT2D eigenvalue weighted by atomic mass is 19.1. The van der Waals surface area contributed by atoms with Gasteiger partial charge >= 0.3 is 0 Å². The number of nitrogens with zero attached hydrogens (tertiary/aromatic N) is 2. The van der Waals surface area contributed by atoms with Crippen LogP contribution in [-0.2, 0) is 4.79 Å². The maximum absolute atomic E-state index is 13.1. The molecule has 1 heterocycles. The third kappa shape index (κ3) is 5.03. The summed E-state index contributed by atoms with van der Waals surface area (Å²) in [4.78, 5) is 17.2. The molecule has 0 bridgehead atoms. The zero-order valence-electron chi connectivity index (χ0n) is 14.8. The third-order valence-electron chi connectivity index (χ3n) is 4.36. The molecule has 0 aromatic heterocycles. The van der Waals surface area contributed by atoms with Crippen molar-refractivity contribution in [3.63, 3.8) is 0 Å². The number of carbonyl (C=O) groups is 1. The second kappa shape index (κ2) is 7.43. The average Bonchev–Trinajstić information content (AvgIpc) is 2.49. The van der Waals surface area contributed by atoms with Gasteiger partial charge in [0.2, 0.25) is 5.91 Å². The smallest absolute Gasteiger partial charge is 0.230 e. The highest BCUT2D eigenvalue weighted by Crippen LogP contribution is 2.24. The van der Waals surface area contributed by atoms with Gasteiger partial charge in [-0.15, -0.1) is 0 Å². The molecule has 1 aliphatic heterocycles. The molecule has 1 amide bonds. The molecule has 1 aromatic carbocycles. The molecule has 23 heavy (non-hydrogen) atoms. The molecular weight excluding hydrogens is 291 g/mol. The van der Waals surface area contributed by atoms with E-state index in [2.05, 4.69) is 25.7 Å². The van der Waals surface area contributed by atoms with Crippen molar-refractivity contribution in [1.82, 2.24) is 9.80 Å². The van der Waals surface area contributed by atoms with Crippen LogP contribution >= 0.6 is 0 Å². The Morgan fingerprint density at radius 3 is 2.17 bits per heavy atom. The van der Waals surface area contributed by atoms with Gasteiger partial charge in [-0.05, 0) is 29.5 Å². The Balaban J connectivity index is 1.96. The van der Waals surface area contributed by atoms with E-state index >= 15 is 0 Å². The molecule has 0 N–H and O–H groups in total. The predicted octanol–water partition coefficient (Wildman–Crippen LogP) is 3.51. The van der Waals surface area contributed by atoms with Crippen LogP contribution in [-0.4, -0.2) is 48.4 Å². The van der Waals surface area contributed by atoms with Gasteiger partial charge in [-0.3, -0.25) is 9.69 Å². The fraction of sp³-hybridized carbons (Fsp3) is 0.632. The molecule has 1 atom stereocenters. The van der Waals surface area contributed by atoms with Crippen molar-refractivity contribution in [2.75, 3.05) is 32.7 Å². The normalized spacial score (nSPS) is 18.0. The summed E-state index contributed by atoms with van der Waals surface area (Å²) in [6.45, 7) is 13.2. The van der Waals surface area contributed by atoms with E-state index in [1.165, 1.54) is 12.1 Å². The highest BCUT2D eigenvalue weighted by Gasteiger charge is 2.28. The van der Waals surface area contributed by atoms with E-state index in [1.54, 1.807) is 12.1 Å². The van der Waals surface area contributed by atoms with Crippen LogP contribution in [0.15, 0.2) is 24.3 Å². The number of piperazine rings is 1. The number of carbonyl (C=O) groups excluding carboxylic acids is 1. The minimum Gasteiger partial charge on any atom is -0.340 e. The molecule has 0 aliphatic carbocycles. The first-order valence-corrected chi connectivity index (χ1v) is 8.57. The second-order valence-electron chi connectivity index (χ2n) is 7.67. The molecule has 1 unspecified atom stereocenters. The molecule has 3 nitrogen and oxygen atoms in total. The van der Waals surface area contributed by atoms with Crippen molar-refractivity contribution in [2.45, 2.75) is 40.0 Å². The summed E-state index contributed by atoms with van der Waals surface area (Å²) in [6.07, 6.45) is 0.743. The first-order chi connectivity index (χ1) is 10.8. The highest BCUT2D eigenvalue weighted by molar-refractivity contribution is 5.83. The summed E-state index contributed by atoms with van der Waals surface area (Å²) >= 11 is 0. The van der Waals surface area contributed by atoms with Crippen LogP contribution in [0.1, 0.15) is 45.6 Å². The lowest BCUT2D eigenvalue weighted by atomic mass is 9.94. The third-order valence-corrected chi connectivity index (χ3v) is 4.36. The van der Waals surface area contributed by atoms with Crippen molar-refractivity contribution in [1.29, 1.82) is 0 Å². The average molecular weight is 320 g/mol. The molecule has 1 saturated heterocycles. The number of hydrogen-bond donors (Lipinski definition) is 0. The lowest BCUT2D eigenvalue weighted by molar-refractivity contribution is -0.134. The Labute approximate surface area is 139 Å². The lowest BCUT2D eigenvalue weighted by Crippen LogP contribution is -2.51. The van der Waals surface area contributed by atoms with Crippen LogP contribution in [0, 0.1) is 11.2 Å². The Morgan fingerprint density at radius 1 is 1.13 bits per heavy atom. The number of halogens is 1. The molecule has 4 heteroatoms. The molecule has 0 saturated carbocycles. The van der Waals surface area contributed by atoms with E-state index in [0.29, 0.717) is 0 Å². The fourth-order valence-corrected chi connectivity index (χ4v) is 3.27. The van der Waals surface area contributed by atoms with Crippen LogP contribution in [0.4, 0.5) is 4.39 Å². The van der Waals surface area contributed by atoms with Crippen LogP contribution in [0.2, 0.25) is 0 Å². The van der Waals surface area contributed by atoms with Crippen LogP contribution in [0.5, 0.6) is 0 Å². The maximum atomic E-state index is 13.1. The van der Waals surface area contributed by atoms with E-state index in [0.717, 1.165) is 44.7 Å². The summed E-state index contributed by atoms with van der Waals surface area (Å²) in [7, 11) is 0. The Morgan fingerprint density at radius 2 is 1.70 bits per heavy atom. The zero-order valence-corrected chi connectivity index (χ0v) is 14.8. The molecule has 0 radical (unpaired) electrons. The number of amides is 1. The van der Waals surface area contributed by atoms with E-state index in [-0.39, 0.29) is 23.1 Å².